The second-order valence-electron chi connectivity index (χ2n) is 4.81. The molecule has 94 valence electrons. The molecule has 0 amide bonds. The molecule has 1 aliphatic rings. The van der Waals surface area contributed by atoms with E-state index in [2.05, 4.69) is 27.5 Å². The molecule has 5 heteroatoms. The average molecular weight is 255 g/mol. The molecule has 17 heavy (non-hydrogen) atoms. The number of halogens is 1. The SMILES string of the molecule is Cc1c(Cl)nnc(NC2CCN(C)CC2)c1C. The molecule has 0 atom stereocenters. The van der Waals surface area contributed by atoms with Gasteiger partial charge in [0, 0.05) is 6.04 Å². The van der Waals surface area contributed by atoms with Crippen molar-refractivity contribution in [2.24, 2.45) is 0 Å². The van der Waals surface area contributed by atoms with Gasteiger partial charge in [0.2, 0.25) is 0 Å². The van der Waals surface area contributed by atoms with Gasteiger partial charge in [-0.05, 0) is 58.0 Å². The predicted octanol–water partition coefficient (Wildman–Crippen LogP) is 2.25. The lowest BCUT2D eigenvalue weighted by atomic mass is 10.1. The zero-order chi connectivity index (χ0) is 12.4. The maximum absolute atomic E-state index is 5.94. The third-order valence-electron chi connectivity index (χ3n) is 3.52. The van der Waals surface area contributed by atoms with Crippen molar-refractivity contribution in [1.29, 1.82) is 0 Å². The van der Waals surface area contributed by atoms with Gasteiger partial charge in [0.15, 0.2) is 11.0 Å². The van der Waals surface area contributed by atoms with Crippen LogP contribution in [0.25, 0.3) is 0 Å². The molecule has 0 bridgehead atoms. The zero-order valence-corrected chi connectivity index (χ0v) is 11.4. The minimum Gasteiger partial charge on any atom is -0.366 e. The lowest BCUT2D eigenvalue weighted by Gasteiger charge is -2.30. The largest absolute Gasteiger partial charge is 0.366 e. The Hall–Kier alpha value is -0.870. The summed E-state index contributed by atoms with van der Waals surface area (Å²) in [6.45, 7) is 6.28. The van der Waals surface area contributed by atoms with Crippen molar-refractivity contribution in [3.05, 3.63) is 16.3 Å². The minimum atomic E-state index is 0.497. The second-order valence-corrected chi connectivity index (χ2v) is 5.17. The number of hydrogen-bond acceptors (Lipinski definition) is 4. The summed E-state index contributed by atoms with van der Waals surface area (Å²) in [4.78, 5) is 2.35. The Kier molecular flexibility index (Phi) is 3.84. The summed E-state index contributed by atoms with van der Waals surface area (Å²) in [5.74, 6) is 0.876. The molecule has 0 unspecified atom stereocenters. The lowest BCUT2D eigenvalue weighted by Crippen LogP contribution is -2.37. The number of piperidine rings is 1. The average Bonchev–Trinajstić information content (AvgIpc) is 2.33. The molecular weight excluding hydrogens is 236 g/mol. The Balaban J connectivity index is 2.06. The van der Waals surface area contributed by atoms with E-state index in [1.165, 1.54) is 0 Å². The first-order valence-corrected chi connectivity index (χ1v) is 6.40. The van der Waals surface area contributed by atoms with Gasteiger partial charge in [0.25, 0.3) is 0 Å². The van der Waals surface area contributed by atoms with Gasteiger partial charge in [-0.3, -0.25) is 0 Å². The minimum absolute atomic E-state index is 0.497. The number of nitrogens with zero attached hydrogens (tertiary/aromatic N) is 3. The number of rotatable bonds is 2. The molecule has 1 aliphatic heterocycles. The maximum Gasteiger partial charge on any atom is 0.155 e. The molecule has 0 aromatic carbocycles. The Labute approximate surface area is 107 Å². The molecule has 0 aliphatic carbocycles. The summed E-state index contributed by atoms with van der Waals surface area (Å²) in [7, 11) is 2.16. The van der Waals surface area contributed by atoms with E-state index < -0.39 is 0 Å². The smallest absolute Gasteiger partial charge is 0.155 e. The van der Waals surface area contributed by atoms with Gasteiger partial charge in [-0.1, -0.05) is 11.6 Å². The first-order valence-electron chi connectivity index (χ1n) is 6.02. The van der Waals surface area contributed by atoms with Crippen molar-refractivity contribution < 1.29 is 0 Å². The molecule has 1 saturated heterocycles. The molecular formula is C12H19ClN4. The highest BCUT2D eigenvalue weighted by molar-refractivity contribution is 6.30. The number of hydrogen-bond donors (Lipinski definition) is 1. The Bertz CT molecular complexity index is 400. The highest BCUT2D eigenvalue weighted by Gasteiger charge is 2.18. The van der Waals surface area contributed by atoms with E-state index in [0.29, 0.717) is 11.2 Å². The van der Waals surface area contributed by atoms with Crippen molar-refractivity contribution in [2.75, 3.05) is 25.5 Å². The van der Waals surface area contributed by atoms with Gasteiger partial charge in [0.1, 0.15) is 0 Å². The summed E-state index contributed by atoms with van der Waals surface area (Å²) in [5, 5.41) is 12.1. The predicted molar refractivity (Wildman–Crippen MR) is 70.7 cm³/mol. The fourth-order valence-electron chi connectivity index (χ4n) is 2.06. The van der Waals surface area contributed by atoms with Crippen molar-refractivity contribution in [2.45, 2.75) is 32.7 Å². The van der Waals surface area contributed by atoms with E-state index in [0.717, 1.165) is 42.9 Å². The van der Waals surface area contributed by atoms with Crippen LogP contribution in [0.4, 0.5) is 5.82 Å². The Morgan fingerprint density at radius 2 is 1.82 bits per heavy atom. The third kappa shape index (κ3) is 2.87. The normalized spacial score (nSPS) is 18.4. The van der Waals surface area contributed by atoms with Crippen molar-refractivity contribution in [1.82, 2.24) is 15.1 Å². The first-order chi connectivity index (χ1) is 8.08. The van der Waals surface area contributed by atoms with Gasteiger partial charge < -0.3 is 10.2 Å². The maximum atomic E-state index is 5.94. The molecule has 1 aromatic heterocycles. The third-order valence-corrected chi connectivity index (χ3v) is 3.88. The molecule has 4 nitrogen and oxygen atoms in total. The van der Waals surface area contributed by atoms with Crippen LogP contribution in [0.2, 0.25) is 5.15 Å². The fourth-order valence-corrected chi connectivity index (χ4v) is 2.24. The summed E-state index contributed by atoms with van der Waals surface area (Å²) < 4.78 is 0. The van der Waals surface area contributed by atoms with Crippen LogP contribution < -0.4 is 5.32 Å². The number of likely N-dealkylation sites (tertiary alicyclic amines) is 1. The molecule has 1 fully saturated rings. The van der Waals surface area contributed by atoms with Gasteiger partial charge >= 0.3 is 0 Å². The van der Waals surface area contributed by atoms with Crippen LogP contribution in [0.1, 0.15) is 24.0 Å². The van der Waals surface area contributed by atoms with Crippen LogP contribution in [-0.4, -0.2) is 41.3 Å². The highest BCUT2D eigenvalue weighted by Crippen LogP contribution is 2.22. The van der Waals surface area contributed by atoms with E-state index in [4.69, 9.17) is 11.6 Å². The van der Waals surface area contributed by atoms with E-state index in [-0.39, 0.29) is 0 Å². The summed E-state index contributed by atoms with van der Waals surface area (Å²) >= 11 is 5.94. The fraction of sp³-hybridized carbons (Fsp3) is 0.667. The zero-order valence-electron chi connectivity index (χ0n) is 10.6. The van der Waals surface area contributed by atoms with Crippen molar-refractivity contribution >= 4 is 17.4 Å². The van der Waals surface area contributed by atoms with Crippen LogP contribution in [-0.2, 0) is 0 Å². The van der Waals surface area contributed by atoms with Gasteiger partial charge in [-0.25, -0.2) is 0 Å². The van der Waals surface area contributed by atoms with Crippen molar-refractivity contribution in [3.63, 3.8) is 0 Å². The Morgan fingerprint density at radius 3 is 2.47 bits per heavy atom. The number of aromatic nitrogens is 2. The van der Waals surface area contributed by atoms with Crippen LogP contribution in [0.5, 0.6) is 0 Å². The molecule has 2 rings (SSSR count). The summed E-state index contributed by atoms with van der Waals surface area (Å²) in [6.07, 6.45) is 2.30. The van der Waals surface area contributed by atoms with Gasteiger partial charge in [-0.2, -0.15) is 0 Å². The number of nitrogens with one attached hydrogen (secondary N) is 1. The molecule has 0 spiro atoms. The van der Waals surface area contributed by atoms with E-state index in [1.54, 1.807) is 0 Å². The quantitative estimate of drug-likeness (QED) is 0.879. The molecule has 0 saturated carbocycles. The van der Waals surface area contributed by atoms with Crippen molar-refractivity contribution in [3.8, 4) is 0 Å². The van der Waals surface area contributed by atoms with Gasteiger partial charge in [0.05, 0.1) is 0 Å². The second kappa shape index (κ2) is 5.19. The van der Waals surface area contributed by atoms with Crippen LogP contribution >= 0.6 is 11.6 Å². The molecule has 2 heterocycles. The highest BCUT2D eigenvalue weighted by atomic mass is 35.5. The van der Waals surface area contributed by atoms with Crippen LogP contribution in [0, 0.1) is 13.8 Å². The number of anilines is 1. The van der Waals surface area contributed by atoms with E-state index >= 15 is 0 Å². The standard InChI is InChI=1S/C12H19ClN4/c1-8-9(2)12(16-15-11(8)13)14-10-4-6-17(3)7-5-10/h10H,4-7H2,1-3H3,(H,14,16). The van der Waals surface area contributed by atoms with E-state index in [1.807, 2.05) is 13.8 Å². The topological polar surface area (TPSA) is 41.1 Å². The Morgan fingerprint density at radius 1 is 1.18 bits per heavy atom. The molecule has 0 radical (unpaired) electrons. The monoisotopic (exact) mass is 254 g/mol. The van der Waals surface area contributed by atoms with Crippen LogP contribution in [0.15, 0.2) is 0 Å². The molecule has 1 N–H and O–H groups in total. The molecule has 1 aromatic rings. The van der Waals surface area contributed by atoms with E-state index in [9.17, 15) is 0 Å². The summed E-state index contributed by atoms with van der Waals surface area (Å²) in [6, 6.07) is 0.500. The van der Waals surface area contributed by atoms with Crippen LogP contribution in [0.3, 0.4) is 0 Å². The lowest BCUT2D eigenvalue weighted by molar-refractivity contribution is 0.263. The summed E-state index contributed by atoms with van der Waals surface area (Å²) in [5.41, 5.74) is 2.11. The first kappa shape index (κ1) is 12.6. The van der Waals surface area contributed by atoms with Gasteiger partial charge in [-0.15, -0.1) is 10.2 Å².